The van der Waals surface area contributed by atoms with Crippen molar-refractivity contribution in [2.24, 2.45) is 5.92 Å². The molecule has 0 saturated carbocycles. The zero-order chi connectivity index (χ0) is 17.0. The van der Waals surface area contributed by atoms with E-state index in [-0.39, 0.29) is 29.1 Å². The highest BCUT2D eigenvalue weighted by Gasteiger charge is 2.53. The van der Waals surface area contributed by atoms with Gasteiger partial charge in [-0.25, -0.2) is 0 Å². The number of carbonyl (C=O) groups is 1. The molecule has 1 rings (SSSR count). The van der Waals surface area contributed by atoms with Crippen LogP contribution in [0.5, 0.6) is 0 Å². The maximum Gasteiger partial charge on any atom is 0.306 e. The van der Waals surface area contributed by atoms with E-state index >= 15 is 0 Å². The number of hydrogen-bond acceptors (Lipinski definition) is 4. The van der Waals surface area contributed by atoms with Crippen LogP contribution in [0.25, 0.3) is 0 Å². The first-order chi connectivity index (χ1) is 10.2. The smallest absolute Gasteiger partial charge is 0.306 e. The van der Waals surface area contributed by atoms with Gasteiger partial charge in [0.2, 0.25) is 0 Å². The molecule has 1 aliphatic rings. The molecular weight excluding hydrogens is 278 g/mol. The first-order valence-corrected chi connectivity index (χ1v) is 8.93. The predicted molar refractivity (Wildman–Crippen MR) is 88.8 cm³/mol. The molecule has 1 fully saturated rings. The topological polar surface area (TPSA) is 49.8 Å². The summed E-state index contributed by atoms with van der Waals surface area (Å²) in [6.45, 7) is 12.5. The molecule has 1 N–H and O–H groups in total. The average Bonchev–Trinajstić information content (AvgIpc) is 2.51. The number of rotatable bonds is 7. The third kappa shape index (κ3) is 3.83. The van der Waals surface area contributed by atoms with Crippen LogP contribution in [0.2, 0.25) is 0 Å². The molecule has 1 heterocycles. The second-order valence-electron chi connectivity index (χ2n) is 7.35. The van der Waals surface area contributed by atoms with E-state index in [9.17, 15) is 10.0 Å². The van der Waals surface area contributed by atoms with Gasteiger partial charge in [0.1, 0.15) is 6.10 Å². The fourth-order valence-corrected chi connectivity index (χ4v) is 3.56. The Morgan fingerprint density at radius 1 is 1.23 bits per heavy atom. The highest BCUT2D eigenvalue weighted by atomic mass is 16.5. The summed E-state index contributed by atoms with van der Waals surface area (Å²) < 4.78 is 5.82. The lowest BCUT2D eigenvalue weighted by Crippen LogP contribution is -2.67. The van der Waals surface area contributed by atoms with E-state index in [1.54, 1.807) is 0 Å². The van der Waals surface area contributed by atoms with Crippen molar-refractivity contribution in [1.82, 2.24) is 5.06 Å². The molecular formula is C18H35NO3. The van der Waals surface area contributed by atoms with E-state index in [4.69, 9.17) is 4.74 Å². The number of nitrogens with zero attached hydrogens (tertiary/aromatic N) is 1. The van der Waals surface area contributed by atoms with Gasteiger partial charge in [0, 0.05) is 29.8 Å². The maximum atomic E-state index is 12.1. The van der Waals surface area contributed by atoms with Crippen molar-refractivity contribution in [3.63, 3.8) is 0 Å². The lowest BCUT2D eigenvalue weighted by molar-refractivity contribution is -0.289. The molecule has 22 heavy (non-hydrogen) atoms. The second-order valence-corrected chi connectivity index (χ2v) is 7.35. The summed E-state index contributed by atoms with van der Waals surface area (Å²) in [7, 11) is 0. The van der Waals surface area contributed by atoms with E-state index < -0.39 is 0 Å². The number of hydroxylamine groups is 2. The van der Waals surface area contributed by atoms with Crippen LogP contribution in [0.4, 0.5) is 0 Å². The number of esters is 1. The Hall–Kier alpha value is -0.610. The molecule has 0 amide bonds. The Morgan fingerprint density at radius 2 is 1.86 bits per heavy atom. The molecule has 0 bridgehead atoms. The number of ether oxygens (including phenoxy) is 1. The minimum atomic E-state index is -0.364. The van der Waals surface area contributed by atoms with Crippen molar-refractivity contribution in [3.8, 4) is 0 Å². The molecule has 4 heteroatoms. The van der Waals surface area contributed by atoms with Crippen LogP contribution >= 0.6 is 0 Å². The number of unbranched alkanes of at least 4 members (excludes halogenated alkanes) is 2. The van der Waals surface area contributed by atoms with Gasteiger partial charge in [-0.2, -0.15) is 5.06 Å². The van der Waals surface area contributed by atoms with Gasteiger partial charge in [0.05, 0.1) is 0 Å². The summed E-state index contributed by atoms with van der Waals surface area (Å²) in [5.74, 6) is 0.0193. The van der Waals surface area contributed by atoms with Gasteiger partial charge in [-0.05, 0) is 33.1 Å². The molecule has 130 valence electrons. The van der Waals surface area contributed by atoms with Crippen LogP contribution in [0.1, 0.15) is 86.5 Å². The molecule has 4 unspecified atom stereocenters. The summed E-state index contributed by atoms with van der Waals surface area (Å²) in [6.07, 6.45) is 5.81. The monoisotopic (exact) mass is 313 g/mol. The van der Waals surface area contributed by atoms with Gasteiger partial charge in [-0.1, -0.05) is 40.5 Å². The Bertz CT molecular complexity index is 373. The number of piperidine rings is 1. The third-order valence-electron chi connectivity index (χ3n) is 5.92. The lowest BCUT2D eigenvalue weighted by Gasteiger charge is -2.57. The Balaban J connectivity index is 2.83. The first-order valence-electron chi connectivity index (χ1n) is 8.93. The number of hydrogen-bond donors (Lipinski definition) is 1. The van der Waals surface area contributed by atoms with E-state index in [1.807, 2.05) is 0 Å². The van der Waals surface area contributed by atoms with Crippen molar-refractivity contribution in [2.45, 2.75) is 104 Å². The van der Waals surface area contributed by atoms with Crippen LogP contribution < -0.4 is 0 Å². The minimum absolute atomic E-state index is 0.0893. The summed E-state index contributed by atoms with van der Waals surface area (Å²) in [4.78, 5) is 12.1. The van der Waals surface area contributed by atoms with E-state index in [2.05, 4.69) is 41.5 Å². The highest BCUT2D eigenvalue weighted by Crippen LogP contribution is 2.45. The van der Waals surface area contributed by atoms with Crippen molar-refractivity contribution in [3.05, 3.63) is 0 Å². The molecule has 0 radical (unpaired) electrons. The van der Waals surface area contributed by atoms with Crippen molar-refractivity contribution >= 4 is 5.97 Å². The standard InChI is InChI=1S/C18H35NO3/c1-7-10-11-12-16(20)22-15-13-17(5,8-2)19(21)18(6,9-3)14(15)4/h14-15,21H,7-13H2,1-6H3. The molecule has 0 aromatic rings. The Kier molecular flexibility index (Phi) is 6.87. The molecule has 0 aromatic carbocycles. The van der Waals surface area contributed by atoms with E-state index in [1.165, 1.54) is 5.06 Å². The summed E-state index contributed by atoms with van der Waals surface area (Å²) >= 11 is 0. The zero-order valence-electron chi connectivity index (χ0n) is 15.3. The van der Waals surface area contributed by atoms with Gasteiger partial charge in [-0.15, -0.1) is 0 Å². The first kappa shape index (κ1) is 19.4. The Morgan fingerprint density at radius 3 is 2.36 bits per heavy atom. The largest absolute Gasteiger partial charge is 0.462 e. The maximum absolute atomic E-state index is 12.1. The third-order valence-corrected chi connectivity index (χ3v) is 5.92. The van der Waals surface area contributed by atoms with E-state index in [0.29, 0.717) is 12.8 Å². The second kappa shape index (κ2) is 7.78. The predicted octanol–water partition coefficient (Wildman–Crippen LogP) is 4.55. The molecule has 0 aliphatic carbocycles. The molecule has 0 spiro atoms. The van der Waals surface area contributed by atoms with Crippen LogP contribution in [-0.2, 0) is 9.53 Å². The average molecular weight is 313 g/mol. The van der Waals surface area contributed by atoms with Gasteiger partial charge in [-0.3, -0.25) is 4.79 Å². The van der Waals surface area contributed by atoms with Crippen molar-refractivity contribution in [2.75, 3.05) is 0 Å². The lowest BCUT2D eigenvalue weighted by atomic mass is 9.69. The molecule has 4 atom stereocenters. The highest BCUT2D eigenvalue weighted by molar-refractivity contribution is 5.69. The van der Waals surface area contributed by atoms with Gasteiger partial charge < -0.3 is 9.94 Å². The van der Waals surface area contributed by atoms with Gasteiger partial charge >= 0.3 is 5.97 Å². The molecule has 0 aromatic heterocycles. The minimum Gasteiger partial charge on any atom is -0.462 e. The van der Waals surface area contributed by atoms with Crippen molar-refractivity contribution in [1.29, 1.82) is 0 Å². The number of carbonyl (C=O) groups excluding carboxylic acids is 1. The summed E-state index contributed by atoms with van der Waals surface area (Å²) in [5, 5.41) is 12.3. The fraction of sp³-hybridized carbons (Fsp3) is 0.944. The van der Waals surface area contributed by atoms with Crippen LogP contribution in [0.3, 0.4) is 0 Å². The van der Waals surface area contributed by atoms with Crippen LogP contribution in [0, 0.1) is 5.92 Å². The normalized spacial score (nSPS) is 36.3. The Labute approximate surface area is 136 Å². The summed E-state index contributed by atoms with van der Waals surface area (Å²) in [6, 6.07) is 0. The quantitative estimate of drug-likeness (QED) is 0.553. The van der Waals surface area contributed by atoms with Gasteiger partial charge in [0.15, 0.2) is 0 Å². The summed E-state index contributed by atoms with van der Waals surface area (Å²) in [5.41, 5.74) is -0.705. The van der Waals surface area contributed by atoms with Gasteiger partial charge in [0.25, 0.3) is 0 Å². The molecule has 4 nitrogen and oxygen atoms in total. The van der Waals surface area contributed by atoms with Crippen LogP contribution in [0.15, 0.2) is 0 Å². The SMILES string of the molecule is CCCCCC(=O)OC1CC(C)(CC)N(O)C(C)(CC)C1C. The molecule has 1 saturated heterocycles. The van der Waals surface area contributed by atoms with E-state index in [0.717, 1.165) is 32.1 Å². The van der Waals surface area contributed by atoms with Crippen molar-refractivity contribution < 1.29 is 14.7 Å². The van der Waals surface area contributed by atoms with Crippen LogP contribution in [-0.4, -0.2) is 33.4 Å². The fourth-order valence-electron chi connectivity index (χ4n) is 3.56. The zero-order valence-corrected chi connectivity index (χ0v) is 15.3. The molecule has 1 aliphatic heterocycles.